The van der Waals surface area contributed by atoms with E-state index in [1.807, 2.05) is 6.92 Å². The Morgan fingerprint density at radius 1 is 1.25 bits per heavy atom. The molecule has 0 spiro atoms. The summed E-state index contributed by atoms with van der Waals surface area (Å²) < 4.78 is 0. The minimum absolute atomic E-state index is 0.103. The van der Waals surface area contributed by atoms with Gasteiger partial charge in [-0.1, -0.05) is 25.4 Å². The SMILES string of the molecule is Cc1c(Cl)nc(C(C)C)nc1NCC1CCC(O)CC1. The second kappa shape index (κ2) is 6.72. The third-order valence-electron chi connectivity index (χ3n) is 3.99. The number of hydrogen-bond acceptors (Lipinski definition) is 4. The molecule has 0 aromatic carbocycles. The standard InChI is InChI=1S/C15H24ClN3O/c1-9(2)14-18-13(16)10(3)15(19-14)17-8-11-4-6-12(20)7-5-11/h9,11-12,20H,4-8H2,1-3H3,(H,17,18,19). The highest BCUT2D eigenvalue weighted by molar-refractivity contribution is 6.30. The highest BCUT2D eigenvalue weighted by Gasteiger charge is 2.20. The van der Waals surface area contributed by atoms with E-state index in [4.69, 9.17) is 11.6 Å². The van der Waals surface area contributed by atoms with E-state index >= 15 is 0 Å². The quantitative estimate of drug-likeness (QED) is 0.835. The number of hydrogen-bond donors (Lipinski definition) is 2. The molecule has 2 N–H and O–H groups in total. The molecule has 20 heavy (non-hydrogen) atoms. The number of nitrogens with one attached hydrogen (secondary N) is 1. The van der Waals surface area contributed by atoms with Crippen LogP contribution in [0.2, 0.25) is 5.15 Å². The molecule has 0 amide bonds. The van der Waals surface area contributed by atoms with Crippen LogP contribution in [0.25, 0.3) is 0 Å². The lowest BCUT2D eigenvalue weighted by Crippen LogP contribution is -2.24. The maximum atomic E-state index is 9.53. The normalized spacial score (nSPS) is 23.1. The van der Waals surface area contributed by atoms with Gasteiger partial charge in [-0.2, -0.15) is 0 Å². The average Bonchev–Trinajstić information content (AvgIpc) is 2.42. The Kier molecular flexibility index (Phi) is 5.22. The van der Waals surface area contributed by atoms with Gasteiger partial charge in [-0.25, -0.2) is 9.97 Å². The van der Waals surface area contributed by atoms with Gasteiger partial charge in [0, 0.05) is 18.0 Å². The number of aliphatic hydroxyl groups excluding tert-OH is 1. The van der Waals surface area contributed by atoms with Crippen LogP contribution in [-0.2, 0) is 0 Å². The fourth-order valence-electron chi connectivity index (χ4n) is 2.53. The van der Waals surface area contributed by atoms with Crippen molar-refractivity contribution in [3.63, 3.8) is 0 Å². The fraction of sp³-hybridized carbons (Fsp3) is 0.733. The summed E-state index contributed by atoms with van der Waals surface area (Å²) in [4.78, 5) is 8.89. The van der Waals surface area contributed by atoms with Crippen LogP contribution < -0.4 is 5.32 Å². The second-order valence-corrected chi connectivity index (χ2v) is 6.41. The highest BCUT2D eigenvalue weighted by atomic mass is 35.5. The van der Waals surface area contributed by atoms with Crippen LogP contribution in [0.3, 0.4) is 0 Å². The molecule has 4 nitrogen and oxygen atoms in total. The predicted octanol–water partition coefficient (Wildman–Crippen LogP) is 3.52. The van der Waals surface area contributed by atoms with Crippen LogP contribution in [0.4, 0.5) is 5.82 Å². The van der Waals surface area contributed by atoms with Crippen molar-refractivity contribution >= 4 is 17.4 Å². The fourth-order valence-corrected chi connectivity index (χ4v) is 2.70. The van der Waals surface area contributed by atoms with Gasteiger partial charge in [0.25, 0.3) is 0 Å². The number of nitrogens with zero attached hydrogens (tertiary/aromatic N) is 2. The molecule has 1 aromatic rings. The van der Waals surface area contributed by atoms with E-state index in [9.17, 15) is 5.11 Å². The summed E-state index contributed by atoms with van der Waals surface area (Å²) in [5.41, 5.74) is 0.909. The highest BCUT2D eigenvalue weighted by Crippen LogP contribution is 2.26. The van der Waals surface area contributed by atoms with E-state index in [-0.39, 0.29) is 12.0 Å². The topological polar surface area (TPSA) is 58.0 Å². The average molecular weight is 298 g/mol. The monoisotopic (exact) mass is 297 g/mol. The molecule has 2 rings (SSSR count). The molecule has 5 heteroatoms. The molecule has 0 bridgehead atoms. The van der Waals surface area contributed by atoms with Gasteiger partial charge in [0.15, 0.2) is 0 Å². The van der Waals surface area contributed by atoms with Crippen LogP contribution in [0.5, 0.6) is 0 Å². The van der Waals surface area contributed by atoms with Crippen molar-refractivity contribution < 1.29 is 5.11 Å². The van der Waals surface area contributed by atoms with Gasteiger partial charge in [0.05, 0.1) is 6.10 Å². The summed E-state index contributed by atoms with van der Waals surface area (Å²) in [6, 6.07) is 0. The number of halogens is 1. The third-order valence-corrected chi connectivity index (χ3v) is 4.36. The lowest BCUT2D eigenvalue weighted by atomic mass is 9.87. The number of anilines is 1. The first-order valence-corrected chi connectivity index (χ1v) is 7.81. The summed E-state index contributed by atoms with van der Waals surface area (Å²) in [5.74, 6) is 2.49. The Balaban J connectivity index is 2.01. The predicted molar refractivity (Wildman–Crippen MR) is 82.3 cm³/mol. The van der Waals surface area contributed by atoms with Crippen molar-refractivity contribution in [3.8, 4) is 0 Å². The van der Waals surface area contributed by atoms with Gasteiger partial charge in [-0.15, -0.1) is 0 Å². The summed E-state index contributed by atoms with van der Waals surface area (Å²) >= 11 is 6.18. The Hall–Kier alpha value is -0.870. The lowest BCUT2D eigenvalue weighted by Gasteiger charge is -2.26. The molecule has 0 radical (unpaired) electrons. The number of aliphatic hydroxyl groups is 1. The van der Waals surface area contributed by atoms with E-state index in [1.165, 1.54) is 0 Å². The summed E-state index contributed by atoms with van der Waals surface area (Å²) in [6.45, 7) is 6.96. The minimum atomic E-state index is -0.103. The van der Waals surface area contributed by atoms with Gasteiger partial charge in [0.1, 0.15) is 16.8 Å². The van der Waals surface area contributed by atoms with E-state index in [1.54, 1.807) is 0 Å². The van der Waals surface area contributed by atoms with Gasteiger partial charge >= 0.3 is 0 Å². The lowest BCUT2D eigenvalue weighted by molar-refractivity contribution is 0.111. The molecule has 0 saturated heterocycles. The zero-order chi connectivity index (χ0) is 14.7. The molecule has 1 aliphatic rings. The molecule has 112 valence electrons. The Labute approximate surface area is 126 Å². The molecule has 0 aliphatic heterocycles. The van der Waals surface area contributed by atoms with Gasteiger partial charge in [0.2, 0.25) is 0 Å². The van der Waals surface area contributed by atoms with E-state index < -0.39 is 0 Å². The van der Waals surface area contributed by atoms with E-state index in [2.05, 4.69) is 29.1 Å². The van der Waals surface area contributed by atoms with Crippen LogP contribution >= 0.6 is 11.6 Å². The molecule has 1 heterocycles. The third kappa shape index (κ3) is 3.83. The Bertz CT molecular complexity index is 457. The first-order valence-electron chi connectivity index (χ1n) is 7.43. The molecule has 0 atom stereocenters. The molecule has 1 fully saturated rings. The summed E-state index contributed by atoms with van der Waals surface area (Å²) in [6.07, 6.45) is 3.86. The number of aromatic nitrogens is 2. The number of rotatable bonds is 4. The largest absolute Gasteiger partial charge is 0.393 e. The Morgan fingerprint density at radius 3 is 2.50 bits per heavy atom. The van der Waals surface area contributed by atoms with E-state index in [0.717, 1.165) is 49.4 Å². The van der Waals surface area contributed by atoms with Crippen LogP contribution in [0, 0.1) is 12.8 Å². The molecule has 1 aromatic heterocycles. The molecular weight excluding hydrogens is 274 g/mol. The van der Waals surface area contributed by atoms with Gasteiger partial charge in [-0.05, 0) is 38.5 Å². The van der Waals surface area contributed by atoms with Crippen LogP contribution in [0.15, 0.2) is 0 Å². The first kappa shape index (κ1) is 15.5. The maximum absolute atomic E-state index is 9.53. The van der Waals surface area contributed by atoms with Crippen molar-refractivity contribution in [2.75, 3.05) is 11.9 Å². The van der Waals surface area contributed by atoms with Gasteiger partial charge in [-0.3, -0.25) is 0 Å². The summed E-state index contributed by atoms with van der Waals surface area (Å²) in [5, 5.41) is 13.5. The summed E-state index contributed by atoms with van der Waals surface area (Å²) in [7, 11) is 0. The van der Waals surface area contributed by atoms with Crippen molar-refractivity contribution in [1.29, 1.82) is 0 Å². The van der Waals surface area contributed by atoms with Crippen molar-refractivity contribution in [2.45, 2.75) is 58.5 Å². The second-order valence-electron chi connectivity index (χ2n) is 6.06. The van der Waals surface area contributed by atoms with E-state index in [0.29, 0.717) is 11.1 Å². The zero-order valence-corrected chi connectivity index (χ0v) is 13.2. The van der Waals surface area contributed by atoms with Gasteiger partial charge < -0.3 is 10.4 Å². The van der Waals surface area contributed by atoms with Crippen molar-refractivity contribution in [1.82, 2.24) is 9.97 Å². The zero-order valence-electron chi connectivity index (χ0n) is 12.5. The van der Waals surface area contributed by atoms with Crippen LogP contribution in [-0.4, -0.2) is 27.7 Å². The smallest absolute Gasteiger partial charge is 0.137 e. The van der Waals surface area contributed by atoms with Crippen molar-refractivity contribution in [3.05, 3.63) is 16.5 Å². The first-order chi connectivity index (χ1) is 9.47. The Morgan fingerprint density at radius 2 is 1.90 bits per heavy atom. The van der Waals surface area contributed by atoms with Crippen molar-refractivity contribution in [2.24, 2.45) is 5.92 Å². The van der Waals surface area contributed by atoms with Crippen LogP contribution in [0.1, 0.15) is 56.8 Å². The molecular formula is C15H24ClN3O. The minimum Gasteiger partial charge on any atom is -0.393 e. The maximum Gasteiger partial charge on any atom is 0.137 e. The molecule has 0 unspecified atom stereocenters. The molecule has 1 aliphatic carbocycles. The molecule has 1 saturated carbocycles.